The van der Waals surface area contributed by atoms with Crippen molar-refractivity contribution >= 4 is 23.1 Å². The first-order valence-corrected chi connectivity index (χ1v) is 8.57. The van der Waals surface area contributed by atoms with E-state index in [-0.39, 0.29) is 5.82 Å². The molecule has 0 aliphatic rings. The van der Waals surface area contributed by atoms with Crippen molar-refractivity contribution in [3.63, 3.8) is 0 Å². The molecule has 0 bridgehead atoms. The van der Waals surface area contributed by atoms with Gasteiger partial charge in [0.1, 0.15) is 11.3 Å². The van der Waals surface area contributed by atoms with Crippen molar-refractivity contribution in [1.29, 1.82) is 0 Å². The fourth-order valence-corrected chi connectivity index (χ4v) is 3.31. The summed E-state index contributed by atoms with van der Waals surface area (Å²) in [5, 5.41) is 11.7. The second kappa shape index (κ2) is 6.97. The minimum Gasteiger partial charge on any atom is -0.339 e. The van der Waals surface area contributed by atoms with Gasteiger partial charge in [0.15, 0.2) is 4.34 Å². The molecule has 1 aromatic carbocycles. The molecule has 0 saturated heterocycles. The summed E-state index contributed by atoms with van der Waals surface area (Å²) >= 11 is 3.19. The van der Waals surface area contributed by atoms with Gasteiger partial charge in [-0.2, -0.15) is 4.98 Å². The molecule has 0 spiro atoms. The Kier molecular flexibility index (Phi) is 4.79. The third kappa shape index (κ3) is 3.69. The van der Waals surface area contributed by atoms with E-state index in [0.717, 1.165) is 16.5 Å². The first-order valence-electron chi connectivity index (χ1n) is 6.70. The van der Waals surface area contributed by atoms with E-state index in [1.165, 1.54) is 17.4 Å². The Balaban J connectivity index is 1.55. The normalized spacial score (nSPS) is 11.0. The number of halogens is 1. The predicted octanol–water partition coefficient (Wildman–Crippen LogP) is 3.76. The minimum atomic E-state index is -0.266. The Morgan fingerprint density at radius 3 is 3.05 bits per heavy atom. The summed E-state index contributed by atoms with van der Waals surface area (Å²) in [7, 11) is 0. The van der Waals surface area contributed by atoms with Crippen LogP contribution in [0.5, 0.6) is 0 Å². The van der Waals surface area contributed by atoms with Gasteiger partial charge in [0, 0.05) is 17.7 Å². The molecule has 5 nitrogen and oxygen atoms in total. The molecule has 0 amide bonds. The van der Waals surface area contributed by atoms with Crippen molar-refractivity contribution in [2.24, 2.45) is 0 Å². The summed E-state index contributed by atoms with van der Waals surface area (Å²) < 4.78 is 19.7. The van der Waals surface area contributed by atoms with Crippen LogP contribution in [0.3, 0.4) is 0 Å². The molecule has 0 aliphatic heterocycles. The maximum absolute atomic E-state index is 13.6. The van der Waals surface area contributed by atoms with Crippen molar-refractivity contribution in [2.45, 2.75) is 24.1 Å². The fraction of sp³-hybridized carbons (Fsp3) is 0.286. The van der Waals surface area contributed by atoms with E-state index in [2.05, 4.69) is 20.3 Å². The van der Waals surface area contributed by atoms with Gasteiger partial charge in [0.25, 0.3) is 0 Å². The fourth-order valence-electron chi connectivity index (χ4n) is 1.81. The van der Waals surface area contributed by atoms with Gasteiger partial charge in [-0.05, 0) is 25.0 Å². The first-order chi connectivity index (χ1) is 10.7. The lowest BCUT2D eigenvalue weighted by Crippen LogP contribution is -1.89. The van der Waals surface area contributed by atoms with E-state index in [1.54, 1.807) is 36.3 Å². The number of benzene rings is 1. The van der Waals surface area contributed by atoms with Crippen molar-refractivity contribution < 1.29 is 8.91 Å². The average Bonchev–Trinajstić information content (AvgIpc) is 3.18. The van der Waals surface area contributed by atoms with Crippen molar-refractivity contribution in [3.8, 4) is 11.4 Å². The zero-order valence-corrected chi connectivity index (χ0v) is 13.5. The highest BCUT2D eigenvalue weighted by atomic mass is 32.2. The van der Waals surface area contributed by atoms with Gasteiger partial charge in [0.05, 0.1) is 0 Å². The monoisotopic (exact) mass is 336 g/mol. The van der Waals surface area contributed by atoms with Crippen LogP contribution in [0, 0.1) is 12.7 Å². The SMILES string of the molecule is Cc1ccc(-c2noc(CCCSc3nncs3)n2)cc1F. The van der Waals surface area contributed by atoms with E-state index >= 15 is 0 Å². The van der Waals surface area contributed by atoms with E-state index in [0.29, 0.717) is 29.3 Å². The first kappa shape index (κ1) is 15.1. The molecule has 0 N–H and O–H groups in total. The van der Waals surface area contributed by atoms with Crippen LogP contribution in [-0.4, -0.2) is 26.1 Å². The van der Waals surface area contributed by atoms with E-state index < -0.39 is 0 Å². The molecule has 22 heavy (non-hydrogen) atoms. The number of hydrogen-bond donors (Lipinski definition) is 0. The zero-order valence-electron chi connectivity index (χ0n) is 11.8. The highest BCUT2D eigenvalue weighted by molar-refractivity contribution is 8.00. The van der Waals surface area contributed by atoms with Crippen LogP contribution < -0.4 is 0 Å². The molecule has 8 heteroatoms. The maximum Gasteiger partial charge on any atom is 0.226 e. The van der Waals surface area contributed by atoms with Crippen LogP contribution in [0.15, 0.2) is 32.6 Å². The summed E-state index contributed by atoms with van der Waals surface area (Å²) in [5.41, 5.74) is 2.94. The Bertz CT molecular complexity index is 745. The summed E-state index contributed by atoms with van der Waals surface area (Å²) in [6.07, 6.45) is 1.58. The third-order valence-corrected chi connectivity index (χ3v) is 4.95. The second-order valence-electron chi connectivity index (χ2n) is 4.63. The van der Waals surface area contributed by atoms with Crippen molar-refractivity contribution in [2.75, 3.05) is 5.75 Å². The molecule has 0 atom stereocenters. The van der Waals surface area contributed by atoms with Gasteiger partial charge >= 0.3 is 0 Å². The largest absolute Gasteiger partial charge is 0.339 e. The molecule has 2 heterocycles. The smallest absolute Gasteiger partial charge is 0.226 e. The van der Waals surface area contributed by atoms with Crippen LogP contribution in [-0.2, 0) is 6.42 Å². The van der Waals surface area contributed by atoms with Gasteiger partial charge in [0.2, 0.25) is 11.7 Å². The Morgan fingerprint density at radius 1 is 1.36 bits per heavy atom. The number of thioether (sulfide) groups is 1. The summed E-state index contributed by atoms with van der Waals surface area (Å²) in [5.74, 6) is 1.63. The van der Waals surface area contributed by atoms with Gasteiger partial charge in [-0.1, -0.05) is 40.4 Å². The quantitative estimate of drug-likeness (QED) is 0.504. The van der Waals surface area contributed by atoms with Crippen molar-refractivity contribution in [1.82, 2.24) is 20.3 Å². The van der Waals surface area contributed by atoms with E-state index in [4.69, 9.17) is 4.52 Å². The second-order valence-corrected chi connectivity index (χ2v) is 6.81. The molecule has 0 fully saturated rings. The minimum absolute atomic E-state index is 0.266. The van der Waals surface area contributed by atoms with Gasteiger partial charge in [-0.3, -0.25) is 0 Å². The lowest BCUT2D eigenvalue weighted by Gasteiger charge is -1.97. The van der Waals surface area contributed by atoms with Crippen LogP contribution in [0.1, 0.15) is 17.9 Å². The van der Waals surface area contributed by atoms with Crippen LogP contribution in [0.2, 0.25) is 0 Å². The predicted molar refractivity (Wildman–Crippen MR) is 83.4 cm³/mol. The summed E-state index contributed by atoms with van der Waals surface area (Å²) in [6.45, 7) is 1.72. The van der Waals surface area contributed by atoms with Crippen LogP contribution in [0.4, 0.5) is 4.39 Å². The molecule has 3 aromatic rings. The molecular formula is C14H13FN4OS2. The third-order valence-electron chi connectivity index (χ3n) is 3.00. The molecule has 3 rings (SSSR count). The molecule has 0 saturated carbocycles. The standard InChI is InChI=1S/C14H13FN4OS2/c1-9-4-5-10(7-11(9)15)13-17-12(20-19-13)3-2-6-21-14-18-16-8-22-14/h4-5,7-8H,2-3,6H2,1H3. The number of aryl methyl sites for hydroxylation is 2. The molecule has 114 valence electrons. The molecular weight excluding hydrogens is 323 g/mol. The summed E-state index contributed by atoms with van der Waals surface area (Å²) in [6, 6.07) is 4.92. The molecule has 0 unspecified atom stereocenters. The van der Waals surface area contributed by atoms with Gasteiger partial charge < -0.3 is 4.52 Å². The lowest BCUT2D eigenvalue weighted by atomic mass is 10.1. The number of hydrogen-bond acceptors (Lipinski definition) is 7. The van der Waals surface area contributed by atoms with E-state index in [1.807, 2.05) is 0 Å². The average molecular weight is 336 g/mol. The molecule has 0 radical (unpaired) electrons. The van der Waals surface area contributed by atoms with Crippen molar-refractivity contribution in [3.05, 3.63) is 41.0 Å². The zero-order chi connectivity index (χ0) is 15.4. The van der Waals surface area contributed by atoms with Gasteiger partial charge in [-0.15, -0.1) is 10.2 Å². The number of aromatic nitrogens is 4. The Morgan fingerprint density at radius 2 is 2.27 bits per heavy atom. The lowest BCUT2D eigenvalue weighted by molar-refractivity contribution is 0.378. The Labute approximate surface area is 135 Å². The topological polar surface area (TPSA) is 64.7 Å². The van der Waals surface area contributed by atoms with E-state index in [9.17, 15) is 4.39 Å². The van der Waals surface area contributed by atoms with Gasteiger partial charge in [-0.25, -0.2) is 4.39 Å². The molecule has 2 aromatic heterocycles. The van der Waals surface area contributed by atoms with Crippen LogP contribution >= 0.6 is 23.1 Å². The molecule has 0 aliphatic carbocycles. The highest BCUT2D eigenvalue weighted by Crippen LogP contribution is 2.22. The number of rotatable bonds is 6. The maximum atomic E-state index is 13.6. The summed E-state index contributed by atoms with van der Waals surface area (Å²) in [4.78, 5) is 4.31. The highest BCUT2D eigenvalue weighted by Gasteiger charge is 2.10. The Hall–Kier alpha value is -1.80. The number of nitrogens with zero attached hydrogens (tertiary/aromatic N) is 4. The van der Waals surface area contributed by atoms with Crippen LogP contribution in [0.25, 0.3) is 11.4 Å².